The first-order valence-electron chi connectivity index (χ1n) is 9.01. The van der Waals surface area contributed by atoms with Crippen molar-refractivity contribution in [3.8, 4) is 5.75 Å². The Hall–Kier alpha value is -2.48. The summed E-state index contributed by atoms with van der Waals surface area (Å²) in [6.07, 6.45) is 3.86. The van der Waals surface area contributed by atoms with E-state index in [1.165, 1.54) is 0 Å². The van der Waals surface area contributed by atoms with Gasteiger partial charge >= 0.3 is 0 Å². The average molecular weight is 372 g/mol. The van der Waals surface area contributed by atoms with E-state index < -0.39 is 6.10 Å². The summed E-state index contributed by atoms with van der Waals surface area (Å²) in [6, 6.07) is 5.80. The van der Waals surface area contributed by atoms with Gasteiger partial charge in [0.15, 0.2) is 0 Å². The van der Waals surface area contributed by atoms with Crippen molar-refractivity contribution in [2.75, 3.05) is 13.6 Å². The van der Waals surface area contributed by atoms with E-state index in [2.05, 4.69) is 32.0 Å². The lowest BCUT2D eigenvalue weighted by Gasteiger charge is -2.14. The van der Waals surface area contributed by atoms with Gasteiger partial charge in [0.05, 0.1) is 23.0 Å². The predicted octanol–water partition coefficient (Wildman–Crippen LogP) is 3.70. The summed E-state index contributed by atoms with van der Waals surface area (Å²) in [4.78, 5) is 8.94. The third-order valence-electron chi connectivity index (χ3n) is 4.23. The van der Waals surface area contributed by atoms with Crippen LogP contribution in [0, 0.1) is 0 Å². The second-order valence-electron chi connectivity index (χ2n) is 6.26. The minimum absolute atomic E-state index is 0.0926. The van der Waals surface area contributed by atoms with Crippen LogP contribution in [0.3, 0.4) is 0 Å². The van der Waals surface area contributed by atoms with Crippen molar-refractivity contribution in [2.24, 2.45) is 4.99 Å². The number of aromatic amines is 1. The van der Waals surface area contributed by atoms with Gasteiger partial charge in [-0.1, -0.05) is 12.7 Å². The zero-order chi connectivity index (χ0) is 19.8. The summed E-state index contributed by atoms with van der Waals surface area (Å²) in [5.41, 5.74) is 2.70. The normalized spacial score (nSPS) is 15.0. The molecule has 2 atom stereocenters. The maximum absolute atomic E-state index is 8.93. The van der Waals surface area contributed by atoms with Crippen molar-refractivity contribution in [1.82, 2.24) is 15.5 Å². The maximum atomic E-state index is 8.93. The van der Waals surface area contributed by atoms with E-state index in [0.29, 0.717) is 17.1 Å². The second-order valence-corrected chi connectivity index (χ2v) is 6.26. The molecule has 1 unspecified atom stereocenters. The number of allylic oxidation sites excluding steroid dienone is 2. The minimum Gasteiger partial charge on any atom is -0.491 e. The molecule has 0 fully saturated rings. The first-order valence-corrected chi connectivity index (χ1v) is 9.01. The van der Waals surface area contributed by atoms with Crippen molar-refractivity contribution in [2.45, 2.75) is 39.4 Å². The number of ether oxygens (including phenoxy) is 1. The van der Waals surface area contributed by atoms with Gasteiger partial charge in [0.25, 0.3) is 0 Å². The van der Waals surface area contributed by atoms with Gasteiger partial charge in [-0.3, -0.25) is 10.4 Å². The maximum Gasteiger partial charge on any atom is 0.131 e. The van der Waals surface area contributed by atoms with Crippen molar-refractivity contribution in [1.29, 1.82) is 0 Å². The van der Waals surface area contributed by atoms with E-state index in [9.17, 15) is 0 Å². The van der Waals surface area contributed by atoms with Crippen LogP contribution in [-0.2, 0) is 4.89 Å². The molecule has 7 heteroatoms. The first kappa shape index (κ1) is 20.8. The molecule has 0 saturated carbocycles. The molecule has 1 aromatic carbocycles. The molecule has 0 aliphatic heterocycles. The van der Waals surface area contributed by atoms with Crippen LogP contribution in [0.2, 0.25) is 0 Å². The van der Waals surface area contributed by atoms with Gasteiger partial charge in [-0.15, -0.1) is 0 Å². The van der Waals surface area contributed by atoms with Crippen molar-refractivity contribution in [3.63, 3.8) is 0 Å². The molecule has 1 heterocycles. The van der Waals surface area contributed by atoms with Gasteiger partial charge in [-0.2, -0.15) is 5.10 Å². The zero-order valence-corrected chi connectivity index (χ0v) is 16.3. The SMILES string of the molecule is C=CC(=N/C(=C\C)[C@@H](C)OO)c1n[nH]c2ccc(OC(C)CCNC)cc12. The van der Waals surface area contributed by atoms with Crippen LogP contribution in [0.15, 0.2) is 47.6 Å². The summed E-state index contributed by atoms with van der Waals surface area (Å²) in [5.74, 6) is 0.774. The van der Waals surface area contributed by atoms with Gasteiger partial charge in [0.1, 0.15) is 17.5 Å². The number of aromatic nitrogens is 2. The smallest absolute Gasteiger partial charge is 0.131 e. The molecule has 2 rings (SSSR count). The molecule has 0 amide bonds. The highest BCUT2D eigenvalue weighted by atomic mass is 17.1. The molecule has 0 spiro atoms. The molecule has 3 N–H and O–H groups in total. The molecular weight excluding hydrogens is 344 g/mol. The van der Waals surface area contributed by atoms with Crippen LogP contribution in [0.5, 0.6) is 5.75 Å². The number of nitrogens with one attached hydrogen (secondary N) is 2. The van der Waals surface area contributed by atoms with Gasteiger partial charge in [0, 0.05) is 5.39 Å². The Morgan fingerprint density at radius 2 is 2.22 bits per heavy atom. The lowest BCUT2D eigenvalue weighted by molar-refractivity contribution is -0.264. The lowest BCUT2D eigenvalue weighted by Crippen LogP contribution is -2.19. The van der Waals surface area contributed by atoms with Crippen molar-refractivity contribution >= 4 is 16.6 Å². The Kier molecular flexibility index (Phi) is 7.72. The first-order chi connectivity index (χ1) is 13.0. The third-order valence-corrected chi connectivity index (χ3v) is 4.23. The molecule has 146 valence electrons. The number of rotatable bonds is 10. The number of fused-ring (bicyclic) bond motifs is 1. The van der Waals surface area contributed by atoms with Crippen LogP contribution in [0.4, 0.5) is 0 Å². The fourth-order valence-electron chi connectivity index (χ4n) is 2.68. The monoisotopic (exact) mass is 372 g/mol. The van der Waals surface area contributed by atoms with Crippen LogP contribution < -0.4 is 10.1 Å². The zero-order valence-electron chi connectivity index (χ0n) is 16.3. The highest BCUT2D eigenvalue weighted by Crippen LogP contribution is 2.25. The fourth-order valence-corrected chi connectivity index (χ4v) is 2.68. The van der Waals surface area contributed by atoms with Crippen molar-refractivity contribution < 1.29 is 14.9 Å². The molecule has 0 aliphatic rings. The van der Waals surface area contributed by atoms with E-state index in [1.54, 1.807) is 19.1 Å². The van der Waals surface area contributed by atoms with Gasteiger partial charge < -0.3 is 10.1 Å². The molecule has 0 aliphatic carbocycles. The Labute approximate surface area is 159 Å². The van der Waals surface area contributed by atoms with E-state index in [0.717, 1.165) is 29.6 Å². The number of H-pyrrole nitrogens is 1. The van der Waals surface area contributed by atoms with Crippen molar-refractivity contribution in [3.05, 3.63) is 48.3 Å². The third kappa shape index (κ3) is 5.26. The van der Waals surface area contributed by atoms with E-state index in [4.69, 9.17) is 9.99 Å². The number of hydrogen-bond acceptors (Lipinski definition) is 6. The highest BCUT2D eigenvalue weighted by molar-refractivity contribution is 6.15. The Balaban J connectivity index is 2.37. The molecule has 7 nitrogen and oxygen atoms in total. The number of aliphatic imine (C=N–C) groups is 1. The van der Waals surface area contributed by atoms with Gasteiger partial charge in [-0.25, -0.2) is 9.88 Å². The molecule has 2 aromatic rings. The number of benzene rings is 1. The molecule has 1 aromatic heterocycles. The minimum atomic E-state index is -0.554. The lowest BCUT2D eigenvalue weighted by atomic mass is 10.1. The van der Waals surface area contributed by atoms with Crippen LogP contribution in [0.25, 0.3) is 10.9 Å². The topological polar surface area (TPSA) is 91.8 Å². The van der Waals surface area contributed by atoms with E-state index in [1.807, 2.05) is 39.1 Å². The molecular formula is C20H28N4O3. The fraction of sp³-hybridized carbons (Fsp3) is 0.400. The highest BCUT2D eigenvalue weighted by Gasteiger charge is 2.15. The summed E-state index contributed by atoms with van der Waals surface area (Å²) in [5, 5.41) is 20.3. The summed E-state index contributed by atoms with van der Waals surface area (Å²) in [7, 11) is 1.92. The number of nitrogens with zero attached hydrogens (tertiary/aromatic N) is 2. The van der Waals surface area contributed by atoms with E-state index in [-0.39, 0.29) is 6.10 Å². The molecule has 0 bridgehead atoms. The Bertz CT molecular complexity index is 826. The number of hydrogen-bond donors (Lipinski definition) is 3. The van der Waals surface area contributed by atoms with Crippen LogP contribution in [0.1, 0.15) is 32.9 Å². The predicted molar refractivity (Wildman–Crippen MR) is 108 cm³/mol. The van der Waals surface area contributed by atoms with Gasteiger partial charge in [-0.05, 0) is 65.1 Å². The second kappa shape index (κ2) is 10.0. The van der Waals surface area contributed by atoms with Crippen LogP contribution in [-0.4, -0.2) is 47.0 Å². The molecule has 27 heavy (non-hydrogen) atoms. The summed E-state index contributed by atoms with van der Waals surface area (Å²) >= 11 is 0. The quantitative estimate of drug-likeness (QED) is 0.336. The summed E-state index contributed by atoms with van der Waals surface area (Å²) < 4.78 is 6.01. The largest absolute Gasteiger partial charge is 0.491 e. The van der Waals surface area contributed by atoms with Gasteiger partial charge in [0.2, 0.25) is 0 Å². The Morgan fingerprint density at radius 1 is 1.44 bits per heavy atom. The van der Waals surface area contributed by atoms with E-state index >= 15 is 0 Å². The Morgan fingerprint density at radius 3 is 2.85 bits per heavy atom. The molecule has 0 saturated heterocycles. The van der Waals surface area contributed by atoms with Crippen LogP contribution >= 0.6 is 0 Å². The summed E-state index contributed by atoms with van der Waals surface area (Å²) in [6.45, 7) is 10.3. The molecule has 0 radical (unpaired) electrons. The average Bonchev–Trinajstić information content (AvgIpc) is 3.10. The standard InChI is InChI=1S/C20H28N4O3/c1-6-17(14(4)27-25)22-18(7-2)20-16-12-15(8-9-19(16)23-24-20)26-13(3)10-11-21-5/h6-9,12-14,21,25H,2,10-11H2,1,3-5H3,(H,23,24)/b17-6-,22-18?/t13?,14-/m1/s1.